The van der Waals surface area contributed by atoms with Crippen molar-refractivity contribution in [1.82, 2.24) is 5.16 Å². The summed E-state index contributed by atoms with van der Waals surface area (Å²) in [6.45, 7) is 4.40. The lowest BCUT2D eigenvalue weighted by molar-refractivity contribution is 0.420. The van der Waals surface area contributed by atoms with Crippen LogP contribution in [0.3, 0.4) is 0 Å². The second-order valence-electron chi connectivity index (χ2n) is 3.39. The summed E-state index contributed by atoms with van der Waals surface area (Å²) in [6, 6.07) is 10.2. The van der Waals surface area contributed by atoms with E-state index in [9.17, 15) is 0 Å². The van der Waals surface area contributed by atoms with Crippen LogP contribution in [0.1, 0.15) is 25.3 Å². The van der Waals surface area contributed by atoms with E-state index in [2.05, 4.69) is 63.7 Å². The molecule has 3 heteroatoms. The van der Waals surface area contributed by atoms with Crippen molar-refractivity contribution in [1.29, 1.82) is 0 Å². The molecule has 1 aromatic carbocycles. The predicted molar refractivity (Wildman–Crippen MR) is 64.7 cm³/mol. The van der Waals surface area contributed by atoms with Crippen molar-refractivity contribution in [2.45, 2.75) is 19.8 Å². The van der Waals surface area contributed by atoms with Crippen LogP contribution in [0.4, 0.5) is 0 Å². The van der Waals surface area contributed by atoms with Gasteiger partial charge in [-0.1, -0.05) is 47.1 Å². The minimum Gasteiger partial charge on any atom is -0.365 e. The maximum absolute atomic E-state index is 4.33. The SMILES string of the molecule is CC(C)c1ccc(Br)cc1.c1cnoc1. The summed E-state index contributed by atoms with van der Waals surface area (Å²) in [6.07, 6.45) is 3.10. The summed E-state index contributed by atoms with van der Waals surface area (Å²) in [4.78, 5) is 0. The fourth-order valence-electron chi connectivity index (χ4n) is 1.02. The first-order valence-corrected chi connectivity index (χ1v) is 5.59. The van der Waals surface area contributed by atoms with E-state index < -0.39 is 0 Å². The minimum atomic E-state index is 0.632. The molecule has 0 bridgehead atoms. The molecule has 0 aliphatic heterocycles. The van der Waals surface area contributed by atoms with Gasteiger partial charge in [-0.25, -0.2) is 0 Å². The lowest BCUT2D eigenvalue weighted by atomic mass is 10.0. The number of benzene rings is 1. The Morgan fingerprint density at radius 2 is 1.87 bits per heavy atom. The zero-order chi connectivity index (χ0) is 11.1. The molecule has 0 fully saturated rings. The maximum Gasteiger partial charge on any atom is 0.123 e. The molecule has 2 aromatic rings. The predicted octanol–water partition coefficient (Wildman–Crippen LogP) is 4.25. The second-order valence-corrected chi connectivity index (χ2v) is 4.31. The van der Waals surface area contributed by atoms with Gasteiger partial charge >= 0.3 is 0 Å². The first kappa shape index (κ1) is 12.0. The van der Waals surface area contributed by atoms with Gasteiger partial charge in [-0.2, -0.15) is 0 Å². The normalized spacial score (nSPS) is 9.60. The molecule has 0 N–H and O–H groups in total. The van der Waals surface area contributed by atoms with Crippen LogP contribution >= 0.6 is 15.9 Å². The number of nitrogens with zero attached hydrogens (tertiary/aromatic N) is 1. The molecule has 80 valence electrons. The summed E-state index contributed by atoms with van der Waals surface area (Å²) in [5.74, 6) is 0.632. The molecule has 0 saturated carbocycles. The molecule has 2 rings (SSSR count). The molecule has 0 amide bonds. The molecule has 0 atom stereocenters. The van der Waals surface area contributed by atoms with Crippen LogP contribution in [0.15, 0.2) is 51.8 Å². The molecule has 1 heterocycles. The molecule has 0 spiro atoms. The van der Waals surface area contributed by atoms with E-state index >= 15 is 0 Å². The van der Waals surface area contributed by atoms with E-state index in [4.69, 9.17) is 0 Å². The molecule has 0 aliphatic rings. The second kappa shape index (κ2) is 6.40. The molecule has 0 radical (unpaired) electrons. The molecule has 0 aliphatic carbocycles. The van der Waals surface area contributed by atoms with Gasteiger partial charge in [0.1, 0.15) is 6.26 Å². The van der Waals surface area contributed by atoms with Gasteiger partial charge in [0.25, 0.3) is 0 Å². The van der Waals surface area contributed by atoms with Gasteiger partial charge in [-0.05, 0) is 29.7 Å². The summed E-state index contributed by atoms with van der Waals surface area (Å²) in [5.41, 5.74) is 1.39. The van der Waals surface area contributed by atoms with Gasteiger partial charge in [0.15, 0.2) is 0 Å². The third-order valence-corrected chi connectivity index (χ3v) is 2.41. The Labute approximate surface area is 98.4 Å². The Balaban J connectivity index is 0.000000187. The highest BCUT2D eigenvalue weighted by molar-refractivity contribution is 9.10. The number of aromatic nitrogens is 1. The van der Waals surface area contributed by atoms with Crippen molar-refractivity contribution in [3.05, 3.63) is 52.8 Å². The Morgan fingerprint density at radius 3 is 2.20 bits per heavy atom. The number of rotatable bonds is 1. The van der Waals surface area contributed by atoms with Crippen molar-refractivity contribution in [2.75, 3.05) is 0 Å². The van der Waals surface area contributed by atoms with Gasteiger partial charge in [0, 0.05) is 4.47 Å². The highest BCUT2D eigenvalue weighted by Gasteiger charge is 1.95. The van der Waals surface area contributed by atoms with Crippen molar-refractivity contribution >= 4 is 15.9 Å². The maximum atomic E-state index is 4.33. The van der Waals surface area contributed by atoms with Gasteiger partial charge < -0.3 is 4.52 Å². The molecule has 15 heavy (non-hydrogen) atoms. The molecular weight excluding hydrogens is 254 g/mol. The van der Waals surface area contributed by atoms with Crippen molar-refractivity contribution < 1.29 is 4.52 Å². The van der Waals surface area contributed by atoms with Crippen LogP contribution in [0, 0.1) is 0 Å². The fourth-order valence-corrected chi connectivity index (χ4v) is 1.29. The average Bonchev–Trinajstić information content (AvgIpc) is 2.76. The summed E-state index contributed by atoms with van der Waals surface area (Å²) in [5, 5.41) is 3.35. The summed E-state index contributed by atoms with van der Waals surface area (Å²) < 4.78 is 5.48. The number of halogens is 1. The largest absolute Gasteiger partial charge is 0.365 e. The molecule has 2 nitrogen and oxygen atoms in total. The van der Waals surface area contributed by atoms with E-state index in [0.717, 1.165) is 4.47 Å². The van der Waals surface area contributed by atoms with E-state index in [0.29, 0.717) is 5.92 Å². The van der Waals surface area contributed by atoms with Crippen molar-refractivity contribution in [3.63, 3.8) is 0 Å². The molecule has 1 aromatic heterocycles. The van der Waals surface area contributed by atoms with E-state index in [1.807, 2.05) is 0 Å². The zero-order valence-electron chi connectivity index (χ0n) is 8.85. The quantitative estimate of drug-likeness (QED) is 0.772. The summed E-state index contributed by atoms with van der Waals surface area (Å²) in [7, 11) is 0. The van der Waals surface area contributed by atoms with Gasteiger partial charge in [-0.15, -0.1) is 0 Å². The topological polar surface area (TPSA) is 26.0 Å². The monoisotopic (exact) mass is 267 g/mol. The zero-order valence-corrected chi connectivity index (χ0v) is 10.4. The van der Waals surface area contributed by atoms with Crippen molar-refractivity contribution in [2.24, 2.45) is 0 Å². The minimum absolute atomic E-state index is 0.632. The number of hydrogen-bond donors (Lipinski definition) is 0. The third kappa shape index (κ3) is 4.79. The van der Waals surface area contributed by atoms with Gasteiger partial charge in [0.2, 0.25) is 0 Å². The van der Waals surface area contributed by atoms with Crippen LogP contribution in [-0.4, -0.2) is 5.16 Å². The van der Waals surface area contributed by atoms with E-state index in [1.165, 1.54) is 11.8 Å². The fraction of sp³-hybridized carbons (Fsp3) is 0.250. The Bertz CT molecular complexity index is 336. The Morgan fingerprint density at radius 1 is 1.20 bits per heavy atom. The molecular formula is C12H14BrNO. The average molecular weight is 268 g/mol. The summed E-state index contributed by atoms with van der Waals surface area (Å²) >= 11 is 3.39. The first-order chi connectivity index (χ1) is 7.20. The highest BCUT2D eigenvalue weighted by atomic mass is 79.9. The first-order valence-electron chi connectivity index (χ1n) is 4.80. The smallest absolute Gasteiger partial charge is 0.123 e. The highest BCUT2D eigenvalue weighted by Crippen LogP contribution is 2.16. The third-order valence-electron chi connectivity index (χ3n) is 1.88. The molecule has 0 unspecified atom stereocenters. The van der Waals surface area contributed by atoms with Crippen LogP contribution in [0.2, 0.25) is 0 Å². The van der Waals surface area contributed by atoms with E-state index in [1.54, 1.807) is 12.3 Å². The van der Waals surface area contributed by atoms with Crippen LogP contribution < -0.4 is 0 Å². The van der Waals surface area contributed by atoms with Crippen molar-refractivity contribution in [3.8, 4) is 0 Å². The lowest BCUT2D eigenvalue weighted by Crippen LogP contribution is -1.84. The Kier molecular flexibility index (Phi) is 5.12. The standard InChI is InChI=1S/C9H11Br.C3H3NO/c1-7(2)8-3-5-9(10)6-4-8;1-2-4-5-3-1/h3-7H,1-2H3;1-3H. The lowest BCUT2D eigenvalue weighted by Gasteiger charge is -2.03. The van der Waals surface area contributed by atoms with E-state index in [-0.39, 0.29) is 0 Å². The van der Waals surface area contributed by atoms with Crippen LogP contribution in [-0.2, 0) is 0 Å². The van der Waals surface area contributed by atoms with Crippen LogP contribution in [0.25, 0.3) is 0 Å². The Hall–Kier alpha value is -1.09. The van der Waals surface area contributed by atoms with Gasteiger partial charge in [-0.3, -0.25) is 0 Å². The molecule has 0 saturated heterocycles. The van der Waals surface area contributed by atoms with Crippen LogP contribution in [0.5, 0.6) is 0 Å². The number of hydrogen-bond acceptors (Lipinski definition) is 2. The van der Waals surface area contributed by atoms with Gasteiger partial charge in [0.05, 0.1) is 6.20 Å².